The Balaban J connectivity index is 1.69. The molecule has 1 N–H and O–H groups in total. The SMILES string of the molecule is Cc1ccccc1CCNC(=O)CSc1ncccn1. The summed E-state index contributed by atoms with van der Waals surface area (Å²) in [7, 11) is 0. The first-order valence-corrected chi connectivity index (χ1v) is 7.45. The van der Waals surface area contributed by atoms with Gasteiger partial charge in [-0.1, -0.05) is 36.0 Å². The van der Waals surface area contributed by atoms with Crippen LogP contribution in [-0.2, 0) is 11.2 Å². The Bertz CT molecular complexity index is 560. The van der Waals surface area contributed by atoms with Gasteiger partial charge in [-0.2, -0.15) is 0 Å². The van der Waals surface area contributed by atoms with E-state index in [9.17, 15) is 4.79 Å². The molecule has 4 nitrogen and oxygen atoms in total. The van der Waals surface area contributed by atoms with E-state index >= 15 is 0 Å². The Kier molecular flexibility index (Phi) is 5.55. The van der Waals surface area contributed by atoms with E-state index in [-0.39, 0.29) is 5.91 Å². The molecule has 20 heavy (non-hydrogen) atoms. The maximum Gasteiger partial charge on any atom is 0.230 e. The predicted octanol–water partition coefficient (Wildman–Crippen LogP) is 2.24. The first kappa shape index (κ1) is 14.5. The monoisotopic (exact) mass is 287 g/mol. The zero-order valence-electron chi connectivity index (χ0n) is 11.4. The largest absolute Gasteiger partial charge is 0.355 e. The zero-order chi connectivity index (χ0) is 14.2. The first-order chi connectivity index (χ1) is 9.75. The van der Waals surface area contributed by atoms with Crippen molar-refractivity contribution in [2.75, 3.05) is 12.3 Å². The minimum Gasteiger partial charge on any atom is -0.355 e. The summed E-state index contributed by atoms with van der Waals surface area (Å²) in [5, 5.41) is 3.54. The van der Waals surface area contributed by atoms with Crippen molar-refractivity contribution in [3.05, 3.63) is 53.9 Å². The molecular weight excluding hydrogens is 270 g/mol. The number of hydrogen-bond acceptors (Lipinski definition) is 4. The van der Waals surface area contributed by atoms with Gasteiger partial charge in [0, 0.05) is 18.9 Å². The number of aromatic nitrogens is 2. The summed E-state index contributed by atoms with van der Waals surface area (Å²) in [5.41, 5.74) is 2.53. The molecule has 0 radical (unpaired) electrons. The Morgan fingerprint density at radius 1 is 1.20 bits per heavy atom. The molecule has 2 rings (SSSR count). The van der Waals surface area contributed by atoms with E-state index in [1.165, 1.54) is 22.9 Å². The molecule has 0 atom stereocenters. The molecule has 5 heteroatoms. The van der Waals surface area contributed by atoms with Crippen LogP contribution in [0, 0.1) is 6.92 Å². The normalized spacial score (nSPS) is 10.2. The molecule has 0 fully saturated rings. The molecule has 0 saturated heterocycles. The number of hydrogen-bond donors (Lipinski definition) is 1. The summed E-state index contributed by atoms with van der Waals surface area (Å²) in [6.45, 7) is 2.74. The molecule has 0 spiro atoms. The van der Waals surface area contributed by atoms with Gasteiger partial charge in [0.25, 0.3) is 0 Å². The molecule has 0 unspecified atom stereocenters. The number of carbonyl (C=O) groups excluding carboxylic acids is 1. The molecule has 0 aliphatic rings. The van der Waals surface area contributed by atoms with E-state index in [1.54, 1.807) is 18.5 Å². The third kappa shape index (κ3) is 4.66. The Morgan fingerprint density at radius 3 is 2.70 bits per heavy atom. The van der Waals surface area contributed by atoms with Crippen LogP contribution in [0.3, 0.4) is 0 Å². The molecule has 0 aliphatic carbocycles. The van der Waals surface area contributed by atoms with E-state index in [0.29, 0.717) is 17.5 Å². The average molecular weight is 287 g/mol. The Labute approximate surface area is 123 Å². The fraction of sp³-hybridized carbons (Fsp3) is 0.267. The number of aryl methyl sites for hydroxylation is 1. The molecule has 1 amide bonds. The molecule has 2 aromatic rings. The number of carbonyl (C=O) groups is 1. The summed E-state index contributed by atoms with van der Waals surface area (Å²) >= 11 is 1.34. The minimum atomic E-state index is 0.0102. The van der Waals surface area contributed by atoms with Gasteiger partial charge in [0.2, 0.25) is 5.91 Å². The van der Waals surface area contributed by atoms with Gasteiger partial charge in [0.1, 0.15) is 0 Å². The minimum absolute atomic E-state index is 0.0102. The summed E-state index contributed by atoms with van der Waals surface area (Å²) < 4.78 is 0. The van der Waals surface area contributed by atoms with Gasteiger partial charge in [-0.3, -0.25) is 4.79 Å². The fourth-order valence-electron chi connectivity index (χ4n) is 1.77. The maximum atomic E-state index is 11.7. The number of rotatable bonds is 6. The highest BCUT2D eigenvalue weighted by Gasteiger charge is 2.04. The van der Waals surface area contributed by atoms with Crippen molar-refractivity contribution in [3.63, 3.8) is 0 Å². The average Bonchev–Trinajstić information content (AvgIpc) is 2.48. The molecule has 0 saturated carbocycles. The van der Waals surface area contributed by atoms with Gasteiger partial charge in [-0.15, -0.1) is 0 Å². The van der Waals surface area contributed by atoms with Crippen molar-refractivity contribution in [2.24, 2.45) is 0 Å². The summed E-state index contributed by atoms with van der Waals surface area (Å²) in [6, 6.07) is 9.97. The third-order valence-electron chi connectivity index (χ3n) is 2.85. The van der Waals surface area contributed by atoms with Crippen LogP contribution in [0.5, 0.6) is 0 Å². The molecule has 1 heterocycles. The van der Waals surface area contributed by atoms with Crippen molar-refractivity contribution in [2.45, 2.75) is 18.5 Å². The van der Waals surface area contributed by atoms with Gasteiger partial charge in [0.15, 0.2) is 5.16 Å². The summed E-state index contributed by atoms with van der Waals surface area (Å²) in [6.07, 6.45) is 4.20. The molecule has 0 aliphatic heterocycles. The maximum absolute atomic E-state index is 11.7. The van der Waals surface area contributed by atoms with Crippen LogP contribution in [0.2, 0.25) is 0 Å². The van der Waals surface area contributed by atoms with Crippen molar-refractivity contribution >= 4 is 17.7 Å². The van der Waals surface area contributed by atoms with Crippen LogP contribution in [-0.4, -0.2) is 28.2 Å². The number of amides is 1. The number of nitrogens with one attached hydrogen (secondary N) is 1. The highest BCUT2D eigenvalue weighted by molar-refractivity contribution is 7.99. The fourth-order valence-corrected chi connectivity index (χ4v) is 2.40. The van der Waals surface area contributed by atoms with Crippen LogP contribution in [0.15, 0.2) is 47.9 Å². The first-order valence-electron chi connectivity index (χ1n) is 6.47. The highest BCUT2D eigenvalue weighted by atomic mass is 32.2. The second kappa shape index (κ2) is 7.65. The smallest absolute Gasteiger partial charge is 0.230 e. The molecular formula is C15H17N3OS. The van der Waals surface area contributed by atoms with Gasteiger partial charge >= 0.3 is 0 Å². The van der Waals surface area contributed by atoms with Crippen molar-refractivity contribution in [1.29, 1.82) is 0 Å². The van der Waals surface area contributed by atoms with E-state index < -0.39 is 0 Å². The number of nitrogens with zero attached hydrogens (tertiary/aromatic N) is 2. The topological polar surface area (TPSA) is 54.9 Å². The van der Waals surface area contributed by atoms with Gasteiger partial charge < -0.3 is 5.32 Å². The summed E-state index contributed by atoms with van der Waals surface area (Å²) in [5.74, 6) is 0.355. The van der Waals surface area contributed by atoms with Crippen LogP contribution >= 0.6 is 11.8 Å². The van der Waals surface area contributed by atoms with Gasteiger partial charge in [0.05, 0.1) is 5.75 Å². The Morgan fingerprint density at radius 2 is 1.95 bits per heavy atom. The van der Waals surface area contributed by atoms with E-state index in [1.807, 2.05) is 12.1 Å². The van der Waals surface area contributed by atoms with Gasteiger partial charge in [-0.25, -0.2) is 9.97 Å². The lowest BCUT2D eigenvalue weighted by Gasteiger charge is -2.07. The van der Waals surface area contributed by atoms with Crippen molar-refractivity contribution in [1.82, 2.24) is 15.3 Å². The number of benzene rings is 1. The lowest BCUT2D eigenvalue weighted by molar-refractivity contribution is -0.118. The second-order valence-corrected chi connectivity index (χ2v) is 5.29. The third-order valence-corrected chi connectivity index (χ3v) is 3.73. The molecule has 0 bridgehead atoms. The van der Waals surface area contributed by atoms with Crippen LogP contribution in [0.1, 0.15) is 11.1 Å². The highest BCUT2D eigenvalue weighted by Crippen LogP contribution is 2.10. The van der Waals surface area contributed by atoms with Crippen LogP contribution < -0.4 is 5.32 Å². The van der Waals surface area contributed by atoms with Crippen LogP contribution in [0.4, 0.5) is 0 Å². The van der Waals surface area contributed by atoms with E-state index in [4.69, 9.17) is 0 Å². The van der Waals surface area contributed by atoms with E-state index in [0.717, 1.165) is 6.42 Å². The molecule has 104 valence electrons. The lowest BCUT2D eigenvalue weighted by Crippen LogP contribution is -2.27. The second-order valence-electron chi connectivity index (χ2n) is 4.35. The van der Waals surface area contributed by atoms with Gasteiger partial charge in [-0.05, 0) is 30.5 Å². The predicted molar refractivity (Wildman–Crippen MR) is 80.6 cm³/mol. The molecule has 1 aromatic carbocycles. The van der Waals surface area contributed by atoms with E-state index in [2.05, 4.69) is 34.3 Å². The Hall–Kier alpha value is -1.88. The van der Waals surface area contributed by atoms with Crippen molar-refractivity contribution < 1.29 is 4.79 Å². The quantitative estimate of drug-likeness (QED) is 0.654. The zero-order valence-corrected chi connectivity index (χ0v) is 12.2. The van der Waals surface area contributed by atoms with Crippen molar-refractivity contribution in [3.8, 4) is 0 Å². The lowest BCUT2D eigenvalue weighted by atomic mass is 10.1. The van der Waals surface area contributed by atoms with Crippen LogP contribution in [0.25, 0.3) is 0 Å². The standard InChI is InChI=1S/C15H17N3OS/c1-12-5-2-3-6-13(12)7-10-16-14(19)11-20-15-17-8-4-9-18-15/h2-6,8-9H,7,10-11H2,1H3,(H,16,19). The summed E-state index contributed by atoms with van der Waals surface area (Å²) in [4.78, 5) is 19.8. The molecule has 1 aromatic heterocycles. The number of thioether (sulfide) groups is 1.